The Kier molecular flexibility index (Phi) is 5.38. The summed E-state index contributed by atoms with van der Waals surface area (Å²) in [5.41, 5.74) is 0.583. The van der Waals surface area contributed by atoms with Gasteiger partial charge in [0.15, 0.2) is 0 Å². The lowest BCUT2D eigenvalue weighted by Gasteiger charge is -2.21. The van der Waals surface area contributed by atoms with Crippen LogP contribution in [0, 0.1) is 5.92 Å². The molecule has 2 atom stereocenters. The van der Waals surface area contributed by atoms with E-state index in [4.69, 9.17) is 4.74 Å². The molecule has 1 aromatic heterocycles. The van der Waals surface area contributed by atoms with E-state index in [1.54, 1.807) is 18.5 Å². The van der Waals surface area contributed by atoms with Gasteiger partial charge < -0.3 is 14.9 Å². The zero-order chi connectivity index (χ0) is 12.8. The summed E-state index contributed by atoms with van der Waals surface area (Å²) < 4.78 is 5.43. The van der Waals surface area contributed by atoms with Crippen molar-refractivity contribution in [2.24, 2.45) is 5.92 Å². The predicted molar refractivity (Wildman–Crippen MR) is 65.8 cm³/mol. The molecule has 2 N–H and O–H groups in total. The van der Waals surface area contributed by atoms with Crippen LogP contribution < -0.4 is 4.74 Å². The third kappa shape index (κ3) is 3.98. The Labute approximate surface area is 102 Å². The standard InChI is InChI=1S/C13H21NO3/c1-4-5-17-11-6-10(7-14-8-11)13(16)12(15)9(2)3/h6-9,12-13,15-16H,4-5H2,1-3H3. The zero-order valence-corrected chi connectivity index (χ0v) is 10.6. The molecule has 0 fully saturated rings. The number of hydrogen-bond donors (Lipinski definition) is 2. The second kappa shape index (κ2) is 6.57. The molecule has 1 aromatic rings. The summed E-state index contributed by atoms with van der Waals surface area (Å²) in [5, 5.41) is 19.8. The Morgan fingerprint density at radius 2 is 2.00 bits per heavy atom. The number of aromatic nitrogens is 1. The second-order valence-corrected chi connectivity index (χ2v) is 4.48. The lowest BCUT2D eigenvalue weighted by atomic mass is 9.97. The molecule has 1 heterocycles. The summed E-state index contributed by atoms with van der Waals surface area (Å²) >= 11 is 0. The van der Waals surface area contributed by atoms with Crippen molar-refractivity contribution in [3.05, 3.63) is 24.0 Å². The van der Waals surface area contributed by atoms with Crippen molar-refractivity contribution in [2.75, 3.05) is 6.61 Å². The molecule has 2 unspecified atom stereocenters. The van der Waals surface area contributed by atoms with Gasteiger partial charge in [0, 0.05) is 11.8 Å². The second-order valence-electron chi connectivity index (χ2n) is 4.48. The van der Waals surface area contributed by atoms with E-state index in [9.17, 15) is 10.2 Å². The van der Waals surface area contributed by atoms with E-state index < -0.39 is 12.2 Å². The number of aliphatic hydroxyl groups is 2. The maximum atomic E-state index is 9.96. The Balaban J connectivity index is 2.76. The molecule has 0 saturated carbocycles. The van der Waals surface area contributed by atoms with Crippen molar-refractivity contribution in [3.8, 4) is 5.75 Å². The number of nitrogens with zero attached hydrogens (tertiary/aromatic N) is 1. The highest BCUT2D eigenvalue weighted by atomic mass is 16.5. The van der Waals surface area contributed by atoms with Crippen molar-refractivity contribution in [2.45, 2.75) is 39.4 Å². The molecule has 4 heteroatoms. The van der Waals surface area contributed by atoms with Crippen molar-refractivity contribution in [3.63, 3.8) is 0 Å². The van der Waals surface area contributed by atoms with Crippen LogP contribution in [0.4, 0.5) is 0 Å². The van der Waals surface area contributed by atoms with E-state index in [0.717, 1.165) is 6.42 Å². The molecule has 0 saturated heterocycles. The third-order valence-electron chi connectivity index (χ3n) is 2.56. The first-order valence-electron chi connectivity index (χ1n) is 6.00. The molecule has 96 valence electrons. The quantitative estimate of drug-likeness (QED) is 0.796. The van der Waals surface area contributed by atoms with Gasteiger partial charge in [-0.15, -0.1) is 0 Å². The van der Waals surface area contributed by atoms with Gasteiger partial charge in [-0.3, -0.25) is 4.98 Å². The number of ether oxygens (including phenoxy) is 1. The fourth-order valence-corrected chi connectivity index (χ4v) is 1.46. The summed E-state index contributed by atoms with van der Waals surface area (Å²) in [6.07, 6.45) is 2.36. The minimum Gasteiger partial charge on any atom is -0.492 e. The highest BCUT2D eigenvalue weighted by molar-refractivity contribution is 5.25. The van der Waals surface area contributed by atoms with E-state index in [1.807, 2.05) is 20.8 Å². The monoisotopic (exact) mass is 239 g/mol. The molecule has 1 rings (SSSR count). The minimum atomic E-state index is -0.923. The highest BCUT2D eigenvalue weighted by Gasteiger charge is 2.22. The first-order valence-corrected chi connectivity index (χ1v) is 6.00. The number of hydrogen-bond acceptors (Lipinski definition) is 4. The molecule has 0 radical (unpaired) electrons. The van der Waals surface area contributed by atoms with Crippen LogP contribution >= 0.6 is 0 Å². The summed E-state index contributed by atoms with van der Waals surface area (Å²) in [6.45, 7) is 6.36. The molecule has 0 bridgehead atoms. The van der Waals surface area contributed by atoms with Gasteiger partial charge in [0.2, 0.25) is 0 Å². The number of aliphatic hydroxyl groups excluding tert-OH is 2. The van der Waals surface area contributed by atoms with Gasteiger partial charge in [-0.05, 0) is 18.4 Å². The molecule has 17 heavy (non-hydrogen) atoms. The largest absolute Gasteiger partial charge is 0.492 e. The van der Waals surface area contributed by atoms with Gasteiger partial charge in [0.05, 0.1) is 18.9 Å². The summed E-state index contributed by atoms with van der Waals surface area (Å²) in [6, 6.07) is 1.72. The number of pyridine rings is 1. The van der Waals surface area contributed by atoms with Gasteiger partial charge in [-0.25, -0.2) is 0 Å². The fraction of sp³-hybridized carbons (Fsp3) is 0.615. The van der Waals surface area contributed by atoms with Gasteiger partial charge >= 0.3 is 0 Å². The Hall–Kier alpha value is -1.13. The average molecular weight is 239 g/mol. The van der Waals surface area contributed by atoms with Gasteiger partial charge in [-0.1, -0.05) is 20.8 Å². The predicted octanol–water partition coefficient (Wildman–Crippen LogP) is 1.92. The lowest BCUT2D eigenvalue weighted by molar-refractivity contribution is -0.00967. The van der Waals surface area contributed by atoms with E-state index >= 15 is 0 Å². The van der Waals surface area contributed by atoms with Crippen LogP contribution in [0.5, 0.6) is 5.75 Å². The van der Waals surface area contributed by atoms with E-state index in [0.29, 0.717) is 17.9 Å². The summed E-state index contributed by atoms with van der Waals surface area (Å²) in [5.74, 6) is 0.615. The number of rotatable bonds is 6. The molecule has 4 nitrogen and oxygen atoms in total. The van der Waals surface area contributed by atoms with Crippen LogP contribution in [0.25, 0.3) is 0 Å². The SMILES string of the molecule is CCCOc1cncc(C(O)C(O)C(C)C)c1. The van der Waals surface area contributed by atoms with Crippen LogP contribution in [0.3, 0.4) is 0 Å². The first-order chi connectivity index (χ1) is 8.06. The highest BCUT2D eigenvalue weighted by Crippen LogP contribution is 2.23. The maximum absolute atomic E-state index is 9.96. The zero-order valence-electron chi connectivity index (χ0n) is 10.6. The van der Waals surface area contributed by atoms with Crippen LogP contribution in [-0.2, 0) is 0 Å². The van der Waals surface area contributed by atoms with E-state index in [2.05, 4.69) is 4.98 Å². The van der Waals surface area contributed by atoms with Crippen molar-refractivity contribution >= 4 is 0 Å². The van der Waals surface area contributed by atoms with Crippen molar-refractivity contribution in [1.29, 1.82) is 0 Å². The molecule has 0 aromatic carbocycles. The van der Waals surface area contributed by atoms with Crippen molar-refractivity contribution in [1.82, 2.24) is 4.98 Å². The van der Waals surface area contributed by atoms with Gasteiger partial charge in [0.25, 0.3) is 0 Å². The fourth-order valence-electron chi connectivity index (χ4n) is 1.46. The van der Waals surface area contributed by atoms with E-state index in [1.165, 1.54) is 0 Å². The topological polar surface area (TPSA) is 62.6 Å². The average Bonchev–Trinajstić information content (AvgIpc) is 2.34. The van der Waals surface area contributed by atoms with Crippen LogP contribution in [0.1, 0.15) is 38.9 Å². The van der Waals surface area contributed by atoms with Crippen LogP contribution in [0.2, 0.25) is 0 Å². The third-order valence-corrected chi connectivity index (χ3v) is 2.56. The first kappa shape index (κ1) is 13.9. The molecule has 0 aliphatic heterocycles. The Morgan fingerprint density at radius 1 is 1.29 bits per heavy atom. The summed E-state index contributed by atoms with van der Waals surface area (Å²) in [7, 11) is 0. The van der Waals surface area contributed by atoms with Crippen LogP contribution in [-0.4, -0.2) is 27.9 Å². The Morgan fingerprint density at radius 3 is 2.59 bits per heavy atom. The molecule has 0 amide bonds. The summed E-state index contributed by atoms with van der Waals surface area (Å²) in [4.78, 5) is 4.00. The maximum Gasteiger partial charge on any atom is 0.137 e. The molecule has 0 aliphatic rings. The van der Waals surface area contributed by atoms with Crippen LogP contribution in [0.15, 0.2) is 18.5 Å². The minimum absolute atomic E-state index is 0.00906. The molecular weight excluding hydrogens is 218 g/mol. The van der Waals surface area contributed by atoms with E-state index in [-0.39, 0.29) is 5.92 Å². The van der Waals surface area contributed by atoms with Gasteiger partial charge in [0.1, 0.15) is 11.9 Å². The Bertz CT molecular complexity index is 341. The lowest BCUT2D eigenvalue weighted by Crippen LogP contribution is -2.24. The molecule has 0 spiro atoms. The molecule has 0 aliphatic carbocycles. The smallest absolute Gasteiger partial charge is 0.137 e. The molecular formula is C13H21NO3. The van der Waals surface area contributed by atoms with Crippen molar-refractivity contribution < 1.29 is 14.9 Å². The van der Waals surface area contributed by atoms with Gasteiger partial charge in [-0.2, -0.15) is 0 Å². The normalized spacial score (nSPS) is 14.7.